The first-order valence-electron chi connectivity index (χ1n) is 10.5. The summed E-state index contributed by atoms with van der Waals surface area (Å²) in [6, 6.07) is 16.5. The molecule has 9 nitrogen and oxygen atoms in total. The van der Waals surface area contributed by atoms with E-state index in [1.54, 1.807) is 36.4 Å². The molecule has 0 saturated carbocycles. The number of carbonyl (C=O) groups is 3. The van der Waals surface area contributed by atoms with E-state index in [9.17, 15) is 22.8 Å². The zero-order valence-electron chi connectivity index (χ0n) is 17.9. The Kier molecular flexibility index (Phi) is 8.42. The zero-order chi connectivity index (χ0) is 23.7. The number of hydrogen-bond acceptors (Lipinski definition) is 7. The SMILES string of the molecule is O=C(COC(=O)[C@H](Cc1ccccc1)NC(=O)OCc1ccccc1)N[C@H]1CCS(=O)(=O)C1. The molecular weight excluding hydrogens is 448 g/mol. The van der Waals surface area contributed by atoms with Crippen molar-refractivity contribution < 1.29 is 32.3 Å². The van der Waals surface area contributed by atoms with Crippen LogP contribution >= 0.6 is 0 Å². The molecular formula is C23H26N2O7S. The number of benzene rings is 2. The van der Waals surface area contributed by atoms with Crippen molar-refractivity contribution in [3.8, 4) is 0 Å². The lowest BCUT2D eigenvalue weighted by Gasteiger charge is -2.18. The minimum atomic E-state index is -3.14. The van der Waals surface area contributed by atoms with Crippen LogP contribution in [0.25, 0.3) is 0 Å². The predicted molar refractivity (Wildman–Crippen MR) is 120 cm³/mol. The van der Waals surface area contributed by atoms with E-state index in [1.807, 2.05) is 24.3 Å². The minimum absolute atomic E-state index is 0.0197. The molecule has 1 saturated heterocycles. The second kappa shape index (κ2) is 11.5. The summed E-state index contributed by atoms with van der Waals surface area (Å²) in [6.45, 7) is -0.548. The number of ether oxygens (including phenoxy) is 2. The van der Waals surface area contributed by atoms with Gasteiger partial charge in [0.25, 0.3) is 5.91 Å². The van der Waals surface area contributed by atoms with Gasteiger partial charge in [0.2, 0.25) is 0 Å². The van der Waals surface area contributed by atoms with Crippen LogP contribution in [0.15, 0.2) is 60.7 Å². The molecule has 0 aliphatic carbocycles. The molecule has 0 spiro atoms. The summed E-state index contributed by atoms with van der Waals surface area (Å²) in [5.41, 5.74) is 1.57. The normalized spacial score (nSPS) is 17.5. The Bertz CT molecular complexity index is 1060. The van der Waals surface area contributed by atoms with Gasteiger partial charge in [0.1, 0.15) is 12.6 Å². The van der Waals surface area contributed by atoms with E-state index in [1.165, 1.54) is 0 Å². The van der Waals surface area contributed by atoms with Crippen molar-refractivity contribution in [1.29, 1.82) is 0 Å². The van der Waals surface area contributed by atoms with Crippen molar-refractivity contribution >= 4 is 27.8 Å². The highest BCUT2D eigenvalue weighted by molar-refractivity contribution is 7.91. The average Bonchev–Trinajstić information content (AvgIpc) is 3.15. The molecule has 2 amide bonds. The van der Waals surface area contributed by atoms with Gasteiger partial charge in [0.05, 0.1) is 11.5 Å². The fourth-order valence-electron chi connectivity index (χ4n) is 3.37. The molecule has 176 valence electrons. The number of amides is 2. The molecule has 2 aromatic rings. The fourth-order valence-corrected chi connectivity index (χ4v) is 5.04. The third kappa shape index (κ3) is 8.23. The highest BCUT2D eigenvalue weighted by atomic mass is 32.2. The van der Waals surface area contributed by atoms with Crippen LogP contribution < -0.4 is 10.6 Å². The monoisotopic (exact) mass is 474 g/mol. The lowest BCUT2D eigenvalue weighted by molar-refractivity contribution is -0.150. The highest BCUT2D eigenvalue weighted by Gasteiger charge is 2.30. The Balaban J connectivity index is 1.54. The van der Waals surface area contributed by atoms with E-state index in [0.717, 1.165) is 11.1 Å². The van der Waals surface area contributed by atoms with E-state index in [2.05, 4.69) is 10.6 Å². The summed E-state index contributed by atoms with van der Waals surface area (Å²) in [7, 11) is -3.14. The Morgan fingerprint density at radius 1 is 0.939 bits per heavy atom. The number of alkyl carbamates (subject to hydrolysis) is 1. The highest BCUT2D eigenvalue weighted by Crippen LogP contribution is 2.11. The third-order valence-electron chi connectivity index (χ3n) is 5.02. The van der Waals surface area contributed by atoms with Crippen molar-refractivity contribution in [3.05, 3.63) is 71.8 Å². The summed E-state index contributed by atoms with van der Waals surface area (Å²) < 4.78 is 33.3. The van der Waals surface area contributed by atoms with Crippen LogP contribution in [0.1, 0.15) is 17.5 Å². The second-order valence-corrected chi connectivity index (χ2v) is 9.95. The van der Waals surface area contributed by atoms with Crippen LogP contribution in [-0.2, 0) is 41.9 Å². The average molecular weight is 475 g/mol. The molecule has 0 radical (unpaired) electrons. The largest absolute Gasteiger partial charge is 0.454 e. The van der Waals surface area contributed by atoms with Crippen molar-refractivity contribution in [2.24, 2.45) is 0 Å². The molecule has 1 aliphatic heterocycles. The summed E-state index contributed by atoms with van der Waals surface area (Å²) in [4.78, 5) is 37.0. The van der Waals surface area contributed by atoms with Crippen LogP contribution in [0.4, 0.5) is 4.79 Å². The first-order chi connectivity index (χ1) is 15.8. The number of hydrogen-bond donors (Lipinski definition) is 2. The number of rotatable bonds is 9. The van der Waals surface area contributed by atoms with Gasteiger partial charge in [-0.05, 0) is 17.5 Å². The number of carbonyl (C=O) groups excluding carboxylic acids is 3. The molecule has 0 bridgehead atoms. The summed E-state index contributed by atoms with van der Waals surface area (Å²) in [6.07, 6.45) is -0.326. The van der Waals surface area contributed by atoms with E-state index < -0.39 is 46.5 Å². The minimum Gasteiger partial charge on any atom is -0.454 e. The molecule has 1 heterocycles. The Hall–Kier alpha value is -3.40. The summed E-state index contributed by atoms with van der Waals surface area (Å²) >= 11 is 0. The quantitative estimate of drug-likeness (QED) is 0.526. The summed E-state index contributed by atoms with van der Waals surface area (Å²) in [5.74, 6) is -1.51. The first kappa shape index (κ1) is 24.2. The topological polar surface area (TPSA) is 128 Å². The Morgan fingerprint density at radius 3 is 2.18 bits per heavy atom. The van der Waals surface area contributed by atoms with Gasteiger partial charge >= 0.3 is 12.1 Å². The third-order valence-corrected chi connectivity index (χ3v) is 6.78. The number of esters is 1. The van der Waals surface area contributed by atoms with Crippen molar-refractivity contribution in [3.63, 3.8) is 0 Å². The molecule has 2 atom stereocenters. The predicted octanol–water partition coefficient (Wildman–Crippen LogP) is 1.37. The Morgan fingerprint density at radius 2 is 1.58 bits per heavy atom. The zero-order valence-corrected chi connectivity index (χ0v) is 18.8. The van der Waals surface area contributed by atoms with Gasteiger partial charge in [-0.2, -0.15) is 0 Å². The van der Waals surface area contributed by atoms with Crippen LogP contribution in [0.3, 0.4) is 0 Å². The molecule has 0 unspecified atom stereocenters. The van der Waals surface area contributed by atoms with E-state index in [4.69, 9.17) is 9.47 Å². The van der Waals surface area contributed by atoms with Gasteiger partial charge in [-0.25, -0.2) is 18.0 Å². The van der Waals surface area contributed by atoms with Crippen LogP contribution in [0.5, 0.6) is 0 Å². The number of sulfone groups is 1. The van der Waals surface area contributed by atoms with E-state index in [0.29, 0.717) is 6.42 Å². The second-order valence-electron chi connectivity index (χ2n) is 7.72. The number of nitrogens with one attached hydrogen (secondary N) is 2. The molecule has 1 fully saturated rings. The molecule has 3 rings (SSSR count). The van der Waals surface area contributed by atoms with E-state index in [-0.39, 0.29) is 24.5 Å². The van der Waals surface area contributed by atoms with Gasteiger partial charge in [-0.1, -0.05) is 60.7 Å². The smallest absolute Gasteiger partial charge is 0.408 e. The van der Waals surface area contributed by atoms with Crippen molar-refractivity contribution in [2.45, 2.75) is 31.5 Å². The molecule has 2 aromatic carbocycles. The van der Waals surface area contributed by atoms with Crippen molar-refractivity contribution in [2.75, 3.05) is 18.1 Å². The van der Waals surface area contributed by atoms with Gasteiger partial charge < -0.3 is 20.1 Å². The maximum absolute atomic E-state index is 12.6. The fraction of sp³-hybridized carbons (Fsp3) is 0.348. The molecule has 0 aromatic heterocycles. The van der Waals surface area contributed by atoms with Gasteiger partial charge in [0, 0.05) is 12.5 Å². The van der Waals surface area contributed by atoms with Crippen LogP contribution in [0, 0.1) is 0 Å². The van der Waals surface area contributed by atoms with Gasteiger partial charge in [0.15, 0.2) is 16.4 Å². The van der Waals surface area contributed by atoms with Crippen LogP contribution in [0.2, 0.25) is 0 Å². The lowest BCUT2D eigenvalue weighted by Crippen LogP contribution is -2.45. The standard InChI is InChI=1S/C23H26N2O7S/c26-21(24-19-11-12-33(29,30)16-19)15-31-22(27)20(13-17-7-3-1-4-8-17)25-23(28)32-14-18-9-5-2-6-10-18/h1-10,19-20H,11-16H2,(H,24,26)(H,25,28)/t19-,20-/m0/s1. The molecule has 33 heavy (non-hydrogen) atoms. The molecule has 1 aliphatic rings. The maximum atomic E-state index is 12.6. The maximum Gasteiger partial charge on any atom is 0.408 e. The van der Waals surface area contributed by atoms with Gasteiger partial charge in [-0.15, -0.1) is 0 Å². The molecule has 2 N–H and O–H groups in total. The lowest BCUT2D eigenvalue weighted by atomic mass is 10.1. The Labute approximate surface area is 192 Å². The van der Waals surface area contributed by atoms with Crippen molar-refractivity contribution in [1.82, 2.24) is 10.6 Å². The molecule has 10 heteroatoms. The van der Waals surface area contributed by atoms with Gasteiger partial charge in [-0.3, -0.25) is 4.79 Å². The first-order valence-corrected chi connectivity index (χ1v) is 12.3. The van der Waals surface area contributed by atoms with Crippen LogP contribution in [-0.4, -0.2) is 56.6 Å². The van der Waals surface area contributed by atoms with E-state index >= 15 is 0 Å². The summed E-state index contributed by atoms with van der Waals surface area (Å²) in [5, 5.41) is 5.05.